The summed E-state index contributed by atoms with van der Waals surface area (Å²) in [6.45, 7) is 7.65. The van der Waals surface area contributed by atoms with Crippen LogP contribution in [0.25, 0.3) is 0 Å². The van der Waals surface area contributed by atoms with Crippen molar-refractivity contribution in [1.82, 2.24) is 0 Å². The molecule has 0 saturated heterocycles. The molecule has 3 heteroatoms. The summed E-state index contributed by atoms with van der Waals surface area (Å²) in [6.07, 6.45) is 3.15. The number of Topliss-reactive ketones (excluding diaryl/α,β-unsaturated/α-hetero) is 1. The van der Waals surface area contributed by atoms with Crippen molar-refractivity contribution >= 4 is 5.78 Å². The molecule has 2 fully saturated rings. The first-order chi connectivity index (χ1) is 8.15. The van der Waals surface area contributed by atoms with Gasteiger partial charge in [-0.3, -0.25) is 4.79 Å². The second kappa shape index (κ2) is 3.07. The predicted molar refractivity (Wildman–Crippen MR) is 67.8 cm³/mol. The minimum atomic E-state index is -1.26. The number of hydrogen-bond donors (Lipinski definition) is 2. The molecule has 0 radical (unpaired) electrons. The van der Waals surface area contributed by atoms with E-state index in [2.05, 4.69) is 6.92 Å². The molecule has 2 saturated carbocycles. The van der Waals surface area contributed by atoms with Gasteiger partial charge in [0.2, 0.25) is 0 Å². The lowest BCUT2D eigenvalue weighted by Gasteiger charge is -2.46. The largest absolute Gasteiger partial charge is 0.392 e. The van der Waals surface area contributed by atoms with E-state index < -0.39 is 11.7 Å². The summed E-state index contributed by atoms with van der Waals surface area (Å²) >= 11 is 0. The quantitative estimate of drug-likeness (QED) is 0.687. The van der Waals surface area contributed by atoms with Crippen LogP contribution in [0, 0.1) is 22.7 Å². The highest BCUT2D eigenvalue weighted by Gasteiger charge is 2.70. The summed E-state index contributed by atoms with van der Waals surface area (Å²) in [4.78, 5) is 12.5. The van der Waals surface area contributed by atoms with Crippen molar-refractivity contribution in [3.05, 3.63) is 11.6 Å². The van der Waals surface area contributed by atoms with Crippen molar-refractivity contribution in [2.75, 3.05) is 0 Å². The van der Waals surface area contributed by atoms with E-state index in [0.717, 1.165) is 12.8 Å². The fourth-order valence-corrected chi connectivity index (χ4v) is 4.35. The number of carbonyl (C=O) groups excluding carboxylic acids is 1. The Morgan fingerprint density at radius 3 is 2.33 bits per heavy atom. The minimum Gasteiger partial charge on any atom is -0.392 e. The lowest BCUT2D eigenvalue weighted by Crippen LogP contribution is -2.56. The Labute approximate surface area is 108 Å². The standard InChI is InChI=1S/C15H22O3/c1-8-10-9(7-13(2,3)12(10)17)11(16)14(4,18)15(8)5-6-15/h7-8,10,12,17-18H,5-6H2,1-4H3/t8-,10-,12+,14-/m0/s1. The number of ketones is 1. The van der Waals surface area contributed by atoms with Crippen LogP contribution in [0.15, 0.2) is 11.6 Å². The average Bonchev–Trinajstić information content (AvgIpc) is 3.02. The minimum absolute atomic E-state index is 0.102. The van der Waals surface area contributed by atoms with E-state index in [1.807, 2.05) is 19.9 Å². The molecule has 0 aliphatic heterocycles. The van der Waals surface area contributed by atoms with Crippen LogP contribution in [0.2, 0.25) is 0 Å². The molecule has 18 heavy (non-hydrogen) atoms. The molecule has 1 spiro atoms. The molecule has 0 bridgehead atoms. The SMILES string of the molecule is C[C@H]1[C@H]2C(=CC(C)(C)[C@@H]2O)C(=O)[C@](C)(O)C12CC2. The fourth-order valence-electron chi connectivity index (χ4n) is 4.35. The summed E-state index contributed by atoms with van der Waals surface area (Å²) < 4.78 is 0. The van der Waals surface area contributed by atoms with Crippen LogP contribution in [0.4, 0.5) is 0 Å². The molecule has 3 aliphatic rings. The molecular formula is C15H22O3. The van der Waals surface area contributed by atoms with Gasteiger partial charge < -0.3 is 10.2 Å². The Morgan fingerprint density at radius 2 is 1.83 bits per heavy atom. The number of carbonyl (C=O) groups is 1. The average molecular weight is 250 g/mol. The molecule has 2 N–H and O–H groups in total. The molecule has 3 nitrogen and oxygen atoms in total. The van der Waals surface area contributed by atoms with Crippen molar-refractivity contribution < 1.29 is 15.0 Å². The third-order valence-corrected chi connectivity index (χ3v) is 5.86. The summed E-state index contributed by atoms with van der Waals surface area (Å²) in [5.74, 6) is -0.101. The summed E-state index contributed by atoms with van der Waals surface area (Å²) in [7, 11) is 0. The topological polar surface area (TPSA) is 57.5 Å². The van der Waals surface area contributed by atoms with Gasteiger partial charge in [-0.1, -0.05) is 26.8 Å². The monoisotopic (exact) mass is 250 g/mol. The van der Waals surface area contributed by atoms with Gasteiger partial charge >= 0.3 is 0 Å². The maximum atomic E-state index is 12.5. The van der Waals surface area contributed by atoms with Crippen LogP contribution < -0.4 is 0 Å². The number of aliphatic hydroxyl groups is 2. The Balaban J connectivity index is 2.13. The van der Waals surface area contributed by atoms with Crippen LogP contribution in [-0.2, 0) is 4.79 Å². The van der Waals surface area contributed by atoms with Crippen LogP contribution in [-0.4, -0.2) is 27.7 Å². The molecule has 0 heterocycles. The van der Waals surface area contributed by atoms with Crippen LogP contribution in [0.5, 0.6) is 0 Å². The predicted octanol–water partition coefficient (Wildman–Crippen LogP) is 1.68. The van der Waals surface area contributed by atoms with Gasteiger partial charge in [0.05, 0.1) is 6.10 Å². The third kappa shape index (κ3) is 1.15. The lowest BCUT2D eigenvalue weighted by molar-refractivity contribution is -0.152. The second-order valence-corrected chi connectivity index (χ2v) is 7.24. The van der Waals surface area contributed by atoms with Crippen molar-refractivity contribution in [1.29, 1.82) is 0 Å². The summed E-state index contributed by atoms with van der Waals surface area (Å²) in [6, 6.07) is 0. The van der Waals surface area contributed by atoms with Gasteiger partial charge in [-0.2, -0.15) is 0 Å². The van der Waals surface area contributed by atoms with E-state index in [-0.39, 0.29) is 28.4 Å². The van der Waals surface area contributed by atoms with Crippen molar-refractivity contribution in [3.63, 3.8) is 0 Å². The zero-order valence-corrected chi connectivity index (χ0v) is 11.5. The first-order valence-electron chi connectivity index (χ1n) is 6.83. The highest BCUT2D eigenvalue weighted by atomic mass is 16.3. The second-order valence-electron chi connectivity index (χ2n) is 7.24. The maximum Gasteiger partial charge on any atom is 0.190 e. The van der Waals surface area contributed by atoms with E-state index in [4.69, 9.17) is 0 Å². The molecular weight excluding hydrogens is 228 g/mol. The van der Waals surface area contributed by atoms with Crippen molar-refractivity contribution in [2.45, 2.75) is 52.2 Å². The Hall–Kier alpha value is -0.670. The van der Waals surface area contributed by atoms with Crippen molar-refractivity contribution in [3.8, 4) is 0 Å². The van der Waals surface area contributed by atoms with E-state index in [1.54, 1.807) is 6.92 Å². The molecule has 0 amide bonds. The zero-order chi connectivity index (χ0) is 13.5. The highest BCUT2D eigenvalue weighted by Crippen LogP contribution is 2.67. The van der Waals surface area contributed by atoms with E-state index in [9.17, 15) is 15.0 Å². The van der Waals surface area contributed by atoms with E-state index in [1.165, 1.54) is 0 Å². The van der Waals surface area contributed by atoms with Gasteiger partial charge in [0.25, 0.3) is 0 Å². The lowest BCUT2D eigenvalue weighted by atomic mass is 9.60. The van der Waals surface area contributed by atoms with Crippen LogP contribution in [0.3, 0.4) is 0 Å². The molecule has 0 aromatic rings. The molecule has 100 valence electrons. The molecule has 0 unspecified atom stereocenters. The summed E-state index contributed by atoms with van der Waals surface area (Å²) in [5.41, 5.74) is -1.27. The third-order valence-electron chi connectivity index (χ3n) is 5.86. The molecule has 3 aliphatic carbocycles. The van der Waals surface area contributed by atoms with Crippen LogP contribution in [0.1, 0.15) is 40.5 Å². The molecule has 3 rings (SSSR count). The van der Waals surface area contributed by atoms with Gasteiger partial charge in [-0.25, -0.2) is 0 Å². The highest BCUT2D eigenvalue weighted by molar-refractivity contribution is 6.04. The normalized spacial score (nSPS) is 48.0. The Kier molecular flexibility index (Phi) is 2.11. The number of fused-ring (bicyclic) bond motifs is 1. The van der Waals surface area contributed by atoms with Gasteiger partial charge in [-0.15, -0.1) is 0 Å². The Morgan fingerprint density at radius 1 is 1.28 bits per heavy atom. The first-order valence-corrected chi connectivity index (χ1v) is 6.83. The van der Waals surface area contributed by atoms with Gasteiger partial charge in [0.1, 0.15) is 5.60 Å². The fraction of sp³-hybridized carbons (Fsp3) is 0.800. The number of rotatable bonds is 0. The maximum absolute atomic E-state index is 12.5. The van der Waals surface area contributed by atoms with E-state index in [0.29, 0.717) is 5.57 Å². The molecule has 0 aromatic heterocycles. The van der Waals surface area contributed by atoms with Gasteiger partial charge in [-0.05, 0) is 25.7 Å². The number of aliphatic hydroxyl groups excluding tert-OH is 1. The van der Waals surface area contributed by atoms with E-state index >= 15 is 0 Å². The zero-order valence-electron chi connectivity index (χ0n) is 11.5. The Bertz CT molecular complexity index is 454. The van der Waals surface area contributed by atoms with Crippen LogP contribution >= 0.6 is 0 Å². The van der Waals surface area contributed by atoms with Crippen molar-refractivity contribution in [2.24, 2.45) is 22.7 Å². The van der Waals surface area contributed by atoms with Gasteiger partial charge in [0.15, 0.2) is 5.78 Å². The molecule has 0 aromatic carbocycles. The summed E-state index contributed by atoms with van der Waals surface area (Å²) in [5, 5.41) is 21.1. The van der Waals surface area contributed by atoms with Gasteiger partial charge in [0, 0.05) is 22.3 Å². The first kappa shape index (κ1) is 12.4. The number of hydrogen-bond acceptors (Lipinski definition) is 3. The molecule has 4 atom stereocenters. The smallest absolute Gasteiger partial charge is 0.190 e.